The monoisotopic (exact) mass is 428 g/mol. The Labute approximate surface area is 181 Å². The molecule has 0 saturated heterocycles. The van der Waals surface area contributed by atoms with Crippen molar-refractivity contribution in [1.82, 2.24) is 9.97 Å². The zero-order chi connectivity index (χ0) is 21.3. The van der Waals surface area contributed by atoms with Crippen LogP contribution in [-0.2, 0) is 5.16 Å². The minimum atomic E-state index is -0.188. The molecule has 4 heteroatoms. The summed E-state index contributed by atoms with van der Waals surface area (Å²) in [5.41, 5.74) is 5.71. The highest BCUT2D eigenvalue weighted by Gasteiger charge is 2.41. The lowest BCUT2D eigenvalue weighted by atomic mass is 9.84. The molecule has 2 aromatic rings. The summed E-state index contributed by atoms with van der Waals surface area (Å²) in [7, 11) is 3.03. The van der Waals surface area contributed by atoms with Gasteiger partial charge in [0.2, 0.25) is 0 Å². The fraction of sp³-hybridized carbons (Fsp3) is 0.520. The van der Waals surface area contributed by atoms with Crippen LogP contribution in [0.15, 0.2) is 60.2 Å². The van der Waals surface area contributed by atoms with Crippen molar-refractivity contribution in [2.24, 2.45) is 0 Å². The van der Waals surface area contributed by atoms with E-state index < -0.39 is 0 Å². The molecule has 1 aliphatic rings. The summed E-state index contributed by atoms with van der Waals surface area (Å²) in [6, 6.07) is 4.44. The Balaban J connectivity index is 2.10. The van der Waals surface area contributed by atoms with Gasteiger partial charge in [0, 0.05) is 24.8 Å². The van der Waals surface area contributed by atoms with Crippen LogP contribution >= 0.6 is 17.2 Å². The van der Waals surface area contributed by atoms with E-state index in [0.29, 0.717) is 10.3 Å². The van der Waals surface area contributed by atoms with Gasteiger partial charge in [0.05, 0.1) is 5.16 Å². The fourth-order valence-corrected chi connectivity index (χ4v) is 9.12. The minimum absolute atomic E-state index is 0.181. The van der Waals surface area contributed by atoms with Crippen LogP contribution in [-0.4, -0.2) is 26.4 Å². The average molecular weight is 429 g/mol. The van der Waals surface area contributed by atoms with Crippen LogP contribution in [0.3, 0.4) is 0 Å². The second-order valence-electron chi connectivity index (χ2n) is 9.54. The van der Waals surface area contributed by atoms with Crippen molar-refractivity contribution >= 4 is 17.2 Å². The topological polar surface area (TPSA) is 31.6 Å². The standard InChI is InChI=1S/C25H38N2P2/c1-7-23(3,4)29(24(5,6)8-2)18-19-10-9-11-22(19)25(28,20-12-14-26-16-20)21-13-15-27-17-21/h9-10,12-17,26-27H,7-8,11,18,28H2,1-6H3. The van der Waals surface area contributed by atoms with Gasteiger partial charge in [-0.05, 0) is 70.1 Å². The molecule has 2 aromatic heterocycles. The second kappa shape index (κ2) is 8.56. The lowest BCUT2D eigenvalue weighted by Crippen LogP contribution is -2.31. The Bertz CT molecular complexity index is 805. The summed E-state index contributed by atoms with van der Waals surface area (Å²) in [6.07, 6.45) is 17.9. The van der Waals surface area contributed by atoms with Gasteiger partial charge in [-0.1, -0.05) is 61.6 Å². The number of aromatic nitrogens is 2. The lowest BCUT2D eigenvalue weighted by Gasteiger charge is -2.46. The van der Waals surface area contributed by atoms with Gasteiger partial charge < -0.3 is 9.97 Å². The summed E-state index contributed by atoms with van der Waals surface area (Å²) in [5, 5.41) is 0.552. The van der Waals surface area contributed by atoms with E-state index in [0.717, 1.165) is 6.42 Å². The number of H-pyrrole nitrogens is 2. The van der Waals surface area contributed by atoms with Crippen molar-refractivity contribution in [3.8, 4) is 0 Å². The van der Waals surface area contributed by atoms with E-state index in [4.69, 9.17) is 0 Å². The zero-order valence-electron chi connectivity index (χ0n) is 19.0. The molecule has 158 valence electrons. The lowest BCUT2D eigenvalue weighted by molar-refractivity contribution is 0.604. The second-order valence-corrected chi connectivity index (χ2v) is 14.0. The van der Waals surface area contributed by atoms with Crippen LogP contribution in [0.2, 0.25) is 0 Å². The van der Waals surface area contributed by atoms with Crippen molar-refractivity contribution in [1.29, 1.82) is 0 Å². The van der Waals surface area contributed by atoms with Crippen molar-refractivity contribution in [3.05, 3.63) is 71.3 Å². The number of nitrogens with one attached hydrogen (secondary N) is 2. The van der Waals surface area contributed by atoms with Crippen LogP contribution in [0, 0.1) is 0 Å². The third kappa shape index (κ3) is 4.22. The first kappa shape index (κ1) is 22.6. The summed E-state index contributed by atoms with van der Waals surface area (Å²) in [4.78, 5) is 6.56. The Hall–Kier alpha value is -1.10. The predicted octanol–water partition coefficient (Wildman–Crippen LogP) is 7.58. The number of aromatic amines is 2. The molecule has 2 nitrogen and oxygen atoms in total. The first-order valence-corrected chi connectivity index (χ1v) is 13.0. The molecule has 29 heavy (non-hydrogen) atoms. The molecule has 1 unspecified atom stereocenters. The molecule has 2 heterocycles. The van der Waals surface area contributed by atoms with Crippen LogP contribution in [0.5, 0.6) is 0 Å². The molecule has 0 radical (unpaired) electrons. The van der Waals surface area contributed by atoms with E-state index in [1.807, 2.05) is 12.4 Å². The van der Waals surface area contributed by atoms with Crippen LogP contribution < -0.4 is 0 Å². The molecule has 0 aromatic carbocycles. The quantitative estimate of drug-likeness (QED) is 0.386. The highest BCUT2D eigenvalue weighted by Crippen LogP contribution is 2.64. The Kier molecular flexibility index (Phi) is 6.67. The first-order valence-electron chi connectivity index (χ1n) is 10.9. The smallest absolute Gasteiger partial charge is 0.0590 e. The molecule has 0 saturated carbocycles. The van der Waals surface area contributed by atoms with Gasteiger partial charge in [-0.15, -0.1) is 9.24 Å². The maximum Gasteiger partial charge on any atom is 0.0590 e. The third-order valence-electron chi connectivity index (χ3n) is 7.13. The summed E-state index contributed by atoms with van der Waals surface area (Å²) < 4.78 is 0. The van der Waals surface area contributed by atoms with Crippen molar-refractivity contribution in [2.45, 2.75) is 76.3 Å². The van der Waals surface area contributed by atoms with Crippen LogP contribution in [0.25, 0.3) is 0 Å². The molecular formula is C25H38N2P2. The Morgan fingerprint density at radius 1 is 0.931 bits per heavy atom. The molecule has 0 bridgehead atoms. The SMILES string of the molecule is CCC(C)(C)P(CC1=C(C(P)(c2cc[nH]c2)c2cc[nH]c2)CC=C1)C(C)(C)CC. The molecule has 1 atom stereocenters. The number of hydrogen-bond donors (Lipinski definition) is 2. The molecule has 0 amide bonds. The van der Waals surface area contributed by atoms with Gasteiger partial charge in [-0.25, -0.2) is 0 Å². The van der Waals surface area contributed by atoms with Gasteiger partial charge in [0.25, 0.3) is 0 Å². The van der Waals surface area contributed by atoms with Gasteiger partial charge in [0.1, 0.15) is 0 Å². The molecule has 0 aliphatic heterocycles. The number of allylic oxidation sites excluding steroid dienone is 4. The van der Waals surface area contributed by atoms with Gasteiger partial charge >= 0.3 is 0 Å². The average Bonchev–Trinajstić information content (AvgIpc) is 3.47. The normalized spacial score (nSPS) is 15.7. The van der Waals surface area contributed by atoms with E-state index in [9.17, 15) is 0 Å². The fourth-order valence-electron chi connectivity index (χ4n) is 4.57. The first-order chi connectivity index (χ1) is 13.7. The molecule has 2 N–H and O–H groups in total. The van der Waals surface area contributed by atoms with Gasteiger partial charge in [-0.3, -0.25) is 0 Å². The molecule has 3 rings (SSSR count). The number of hydrogen-bond acceptors (Lipinski definition) is 0. The maximum absolute atomic E-state index is 3.28. The molecule has 0 spiro atoms. The van der Waals surface area contributed by atoms with Crippen molar-refractivity contribution < 1.29 is 0 Å². The molecular weight excluding hydrogens is 390 g/mol. The molecule has 1 aliphatic carbocycles. The zero-order valence-corrected chi connectivity index (χ0v) is 21.0. The van der Waals surface area contributed by atoms with Gasteiger partial charge in [-0.2, -0.15) is 0 Å². The third-order valence-corrected chi connectivity index (χ3v) is 12.4. The van der Waals surface area contributed by atoms with E-state index in [1.165, 1.54) is 35.7 Å². The maximum atomic E-state index is 3.28. The van der Waals surface area contributed by atoms with Crippen LogP contribution in [0.1, 0.15) is 71.9 Å². The van der Waals surface area contributed by atoms with E-state index in [2.05, 4.69) is 97.4 Å². The Morgan fingerprint density at radius 2 is 1.45 bits per heavy atom. The predicted molar refractivity (Wildman–Crippen MR) is 133 cm³/mol. The summed E-state index contributed by atoms with van der Waals surface area (Å²) in [5.74, 6) is 0. The highest BCUT2D eigenvalue weighted by atomic mass is 31.1. The highest BCUT2D eigenvalue weighted by molar-refractivity contribution is 7.61. The van der Waals surface area contributed by atoms with Crippen molar-refractivity contribution in [2.75, 3.05) is 6.16 Å². The van der Waals surface area contributed by atoms with Crippen molar-refractivity contribution in [3.63, 3.8) is 0 Å². The summed E-state index contributed by atoms with van der Waals surface area (Å²) in [6.45, 7) is 14.7. The molecule has 0 fully saturated rings. The number of rotatable bonds is 9. The van der Waals surface area contributed by atoms with E-state index in [-0.39, 0.29) is 13.1 Å². The largest absolute Gasteiger partial charge is 0.367 e. The Morgan fingerprint density at radius 3 is 1.86 bits per heavy atom. The van der Waals surface area contributed by atoms with Gasteiger partial charge in [0.15, 0.2) is 0 Å². The minimum Gasteiger partial charge on any atom is -0.367 e. The summed E-state index contributed by atoms with van der Waals surface area (Å²) >= 11 is 0. The van der Waals surface area contributed by atoms with E-state index >= 15 is 0 Å². The van der Waals surface area contributed by atoms with E-state index in [1.54, 1.807) is 5.57 Å². The van der Waals surface area contributed by atoms with Crippen LogP contribution in [0.4, 0.5) is 0 Å².